The van der Waals surface area contributed by atoms with Gasteiger partial charge in [-0.05, 0) is 83.0 Å². The fourth-order valence-corrected chi connectivity index (χ4v) is 17.1. The van der Waals surface area contributed by atoms with E-state index in [1.807, 2.05) is 0 Å². The molecule has 0 nitrogen and oxygen atoms in total. The van der Waals surface area contributed by atoms with Crippen LogP contribution in [0.2, 0.25) is 0 Å². The summed E-state index contributed by atoms with van der Waals surface area (Å²) in [6.45, 7) is 13.1. The molecule has 0 heterocycles. The standard InChI is InChI=1S/C48H46Si2/c1-35-7-19-41(20-8-35)49(42-21-9-36(2)10-22-42,43-23-11-37(3)12-24-43)47-31-33-48(34-32-47)50(44-25-13-38(4)14-26-44,45-27-15-39(5)16-28-45)46-29-17-40(6)18-30-46/h7-34H,1-6H3. The summed E-state index contributed by atoms with van der Waals surface area (Å²) in [5.74, 6) is 0. The summed E-state index contributed by atoms with van der Waals surface area (Å²) in [5, 5.41) is 11.2. The predicted molar refractivity (Wildman–Crippen MR) is 222 cm³/mol. The van der Waals surface area contributed by atoms with Gasteiger partial charge in [0.25, 0.3) is 0 Å². The van der Waals surface area contributed by atoms with Crippen molar-refractivity contribution in [3.05, 3.63) is 203 Å². The lowest BCUT2D eigenvalue weighted by molar-refractivity contribution is 1.47. The molecule has 0 atom stereocenters. The van der Waals surface area contributed by atoms with Crippen LogP contribution < -0.4 is 41.5 Å². The van der Waals surface area contributed by atoms with Crippen molar-refractivity contribution in [3.63, 3.8) is 0 Å². The average molecular weight is 679 g/mol. The SMILES string of the molecule is Cc1ccc([Si](c2ccc(C)cc2)(c2ccc(C)cc2)c2ccc([Si](c3ccc(C)cc3)(c3ccc(C)cc3)c3ccc(C)cc3)cc2)cc1. The van der Waals surface area contributed by atoms with Gasteiger partial charge in [-0.25, -0.2) is 0 Å². The quantitative estimate of drug-likeness (QED) is 0.131. The average Bonchev–Trinajstić information content (AvgIpc) is 3.13. The molecule has 0 N–H and O–H groups in total. The molecule has 0 bridgehead atoms. The molecule has 0 radical (unpaired) electrons. The third kappa shape index (κ3) is 5.93. The molecule has 0 aromatic heterocycles. The molecule has 7 aromatic carbocycles. The van der Waals surface area contributed by atoms with Crippen molar-refractivity contribution in [1.82, 2.24) is 0 Å². The zero-order valence-electron chi connectivity index (χ0n) is 30.2. The Morgan fingerprint density at radius 3 is 0.400 bits per heavy atom. The smallest absolute Gasteiger partial charge is 0.0620 e. The molecule has 7 aromatic rings. The van der Waals surface area contributed by atoms with Crippen molar-refractivity contribution in [3.8, 4) is 0 Å². The van der Waals surface area contributed by atoms with Crippen LogP contribution in [0.4, 0.5) is 0 Å². The van der Waals surface area contributed by atoms with Gasteiger partial charge >= 0.3 is 0 Å². The Hall–Kier alpha value is -5.03. The summed E-state index contributed by atoms with van der Waals surface area (Å²) in [4.78, 5) is 0. The van der Waals surface area contributed by atoms with Crippen LogP contribution in [0, 0.1) is 41.5 Å². The second-order valence-electron chi connectivity index (χ2n) is 14.3. The minimum absolute atomic E-state index is 1.28. The molecule has 0 saturated carbocycles. The molecule has 7 rings (SSSR count). The van der Waals surface area contributed by atoms with E-state index in [1.165, 1.54) is 74.9 Å². The van der Waals surface area contributed by atoms with Crippen molar-refractivity contribution >= 4 is 57.6 Å². The highest BCUT2D eigenvalue weighted by atomic mass is 28.3. The van der Waals surface area contributed by atoms with Crippen molar-refractivity contribution < 1.29 is 0 Å². The Morgan fingerprint density at radius 1 is 0.180 bits per heavy atom. The summed E-state index contributed by atoms with van der Waals surface area (Å²) in [5.41, 5.74) is 7.69. The van der Waals surface area contributed by atoms with Crippen LogP contribution >= 0.6 is 0 Å². The number of aryl methyl sites for hydroxylation is 6. The van der Waals surface area contributed by atoms with Gasteiger partial charge in [-0.2, -0.15) is 0 Å². The van der Waals surface area contributed by atoms with E-state index < -0.39 is 16.1 Å². The maximum Gasteiger partial charge on any atom is 0.179 e. The first-order valence-corrected chi connectivity index (χ1v) is 21.7. The summed E-state index contributed by atoms with van der Waals surface area (Å²) >= 11 is 0. The second-order valence-corrected chi connectivity index (χ2v) is 21.9. The van der Waals surface area contributed by atoms with Crippen molar-refractivity contribution in [2.45, 2.75) is 41.5 Å². The van der Waals surface area contributed by atoms with Crippen LogP contribution in [0.1, 0.15) is 33.4 Å². The van der Waals surface area contributed by atoms with Crippen molar-refractivity contribution in [2.75, 3.05) is 0 Å². The molecule has 0 aliphatic heterocycles. The zero-order valence-corrected chi connectivity index (χ0v) is 32.2. The van der Waals surface area contributed by atoms with E-state index in [4.69, 9.17) is 0 Å². The highest BCUT2D eigenvalue weighted by Gasteiger charge is 2.44. The molecule has 0 unspecified atom stereocenters. The number of benzene rings is 7. The first-order valence-electron chi connectivity index (χ1n) is 17.7. The Labute approximate surface area is 301 Å². The summed E-state index contributed by atoms with van der Waals surface area (Å²) < 4.78 is 0. The second kappa shape index (κ2) is 13.7. The number of hydrogen-bond acceptors (Lipinski definition) is 0. The van der Waals surface area contributed by atoms with Gasteiger partial charge in [0.2, 0.25) is 0 Å². The predicted octanol–water partition coefficient (Wildman–Crippen LogP) is 6.29. The van der Waals surface area contributed by atoms with Crippen molar-refractivity contribution in [2.24, 2.45) is 0 Å². The van der Waals surface area contributed by atoms with Gasteiger partial charge in [0.15, 0.2) is 16.1 Å². The first kappa shape index (κ1) is 33.5. The molecular formula is C48H46Si2. The normalized spacial score (nSPS) is 11.8. The van der Waals surface area contributed by atoms with Crippen LogP contribution in [0.25, 0.3) is 0 Å². The van der Waals surface area contributed by atoms with E-state index >= 15 is 0 Å². The maximum absolute atomic E-state index is 2.70. The lowest BCUT2D eigenvalue weighted by Gasteiger charge is -2.37. The fourth-order valence-electron chi connectivity index (χ4n) is 7.79. The third-order valence-electron chi connectivity index (χ3n) is 10.7. The number of hydrogen-bond donors (Lipinski definition) is 0. The van der Waals surface area contributed by atoms with Crippen LogP contribution in [-0.2, 0) is 0 Å². The molecule has 0 fully saturated rings. The number of rotatable bonds is 8. The molecule has 2 heteroatoms. The van der Waals surface area contributed by atoms with Gasteiger partial charge in [0, 0.05) is 0 Å². The molecule has 0 spiro atoms. The Bertz CT molecular complexity index is 1810. The molecule has 0 aliphatic rings. The van der Waals surface area contributed by atoms with E-state index in [0.717, 1.165) is 0 Å². The minimum Gasteiger partial charge on any atom is -0.0620 e. The third-order valence-corrected chi connectivity index (χ3v) is 20.3. The maximum atomic E-state index is 2.49. The molecule has 246 valence electrons. The molecule has 50 heavy (non-hydrogen) atoms. The first-order chi connectivity index (χ1) is 24.2. The fraction of sp³-hybridized carbons (Fsp3) is 0.125. The largest absolute Gasteiger partial charge is 0.179 e. The van der Waals surface area contributed by atoms with Gasteiger partial charge in [0.1, 0.15) is 0 Å². The van der Waals surface area contributed by atoms with Gasteiger partial charge in [-0.1, -0.05) is 203 Å². The highest BCUT2D eigenvalue weighted by Crippen LogP contribution is 2.15. The minimum atomic E-state index is -2.70. The molecule has 0 aliphatic carbocycles. The summed E-state index contributed by atoms with van der Waals surface area (Å²) in [7, 11) is -5.39. The van der Waals surface area contributed by atoms with E-state index in [2.05, 4.69) is 211 Å². The van der Waals surface area contributed by atoms with Gasteiger partial charge in [-0.3, -0.25) is 0 Å². The van der Waals surface area contributed by atoms with E-state index in [9.17, 15) is 0 Å². The Balaban J connectivity index is 1.54. The molecular weight excluding hydrogens is 633 g/mol. The van der Waals surface area contributed by atoms with E-state index in [-0.39, 0.29) is 0 Å². The lowest BCUT2D eigenvalue weighted by atomic mass is 10.2. The van der Waals surface area contributed by atoms with Crippen LogP contribution in [-0.4, -0.2) is 16.1 Å². The Kier molecular flexibility index (Phi) is 9.17. The van der Waals surface area contributed by atoms with E-state index in [0.29, 0.717) is 0 Å². The van der Waals surface area contributed by atoms with Gasteiger partial charge in [-0.15, -0.1) is 0 Å². The summed E-state index contributed by atoms with van der Waals surface area (Å²) in [6.07, 6.45) is 0. The van der Waals surface area contributed by atoms with E-state index in [1.54, 1.807) is 0 Å². The van der Waals surface area contributed by atoms with Crippen molar-refractivity contribution in [1.29, 1.82) is 0 Å². The van der Waals surface area contributed by atoms with Gasteiger partial charge in [0.05, 0.1) is 0 Å². The van der Waals surface area contributed by atoms with Gasteiger partial charge < -0.3 is 0 Å². The monoisotopic (exact) mass is 678 g/mol. The highest BCUT2D eigenvalue weighted by molar-refractivity contribution is 7.21. The van der Waals surface area contributed by atoms with Crippen LogP contribution in [0.3, 0.4) is 0 Å². The molecule has 0 saturated heterocycles. The summed E-state index contributed by atoms with van der Waals surface area (Å²) in [6, 6.07) is 66.1. The Morgan fingerprint density at radius 2 is 0.280 bits per heavy atom. The van der Waals surface area contributed by atoms with Crippen LogP contribution in [0.5, 0.6) is 0 Å². The zero-order chi connectivity index (χ0) is 34.9. The molecule has 0 amide bonds. The lowest BCUT2D eigenvalue weighted by Crippen LogP contribution is -2.76. The van der Waals surface area contributed by atoms with Crippen LogP contribution in [0.15, 0.2) is 170 Å². The topological polar surface area (TPSA) is 0 Å².